The molecular formula is C8H15N3O3. The molecular weight excluding hydrogens is 186 g/mol. The van der Waals surface area contributed by atoms with E-state index in [1.807, 2.05) is 7.05 Å². The van der Waals surface area contributed by atoms with E-state index in [2.05, 4.69) is 15.5 Å². The third-order valence-electron chi connectivity index (χ3n) is 2.12. The highest BCUT2D eigenvalue weighted by Crippen LogP contribution is 2.02. The molecule has 0 spiro atoms. The van der Waals surface area contributed by atoms with Gasteiger partial charge in [0.25, 0.3) is 0 Å². The predicted molar refractivity (Wildman–Crippen MR) is 50.1 cm³/mol. The van der Waals surface area contributed by atoms with E-state index in [1.54, 1.807) is 0 Å². The molecule has 1 saturated heterocycles. The molecule has 1 heterocycles. The number of hydrogen-bond acceptors (Lipinski definition) is 3. The van der Waals surface area contributed by atoms with E-state index in [0.29, 0.717) is 0 Å². The molecule has 1 unspecified atom stereocenters. The zero-order valence-corrected chi connectivity index (χ0v) is 8.28. The van der Waals surface area contributed by atoms with Crippen LogP contribution >= 0.6 is 0 Å². The zero-order valence-electron chi connectivity index (χ0n) is 8.28. The summed E-state index contributed by atoms with van der Waals surface area (Å²) in [5.41, 5.74) is 0. The van der Waals surface area contributed by atoms with Gasteiger partial charge < -0.3 is 20.6 Å². The fourth-order valence-corrected chi connectivity index (χ4v) is 1.28. The number of amides is 2. The summed E-state index contributed by atoms with van der Waals surface area (Å²) in [6.45, 7) is 3.05. The Morgan fingerprint density at radius 3 is 2.50 bits per heavy atom. The highest BCUT2D eigenvalue weighted by molar-refractivity contribution is 5.82. The average Bonchev–Trinajstić information content (AvgIpc) is 2.01. The lowest BCUT2D eigenvalue weighted by atomic mass is 10.1. The summed E-state index contributed by atoms with van der Waals surface area (Å²) >= 11 is 0. The van der Waals surface area contributed by atoms with Gasteiger partial charge in [0.1, 0.15) is 6.04 Å². The standard InChI is InChI=1S/C8H15N3O3/c1-5(7(12)13)9-8(14)10-6-3-11(2)4-6/h5-6H,3-4H2,1-2H3,(H,12,13)(H2,9,10,14). The minimum absolute atomic E-state index is 0.140. The lowest BCUT2D eigenvalue weighted by Gasteiger charge is -2.36. The summed E-state index contributed by atoms with van der Waals surface area (Å²) in [4.78, 5) is 23.6. The second kappa shape index (κ2) is 4.28. The number of nitrogens with zero attached hydrogens (tertiary/aromatic N) is 1. The highest BCUT2D eigenvalue weighted by Gasteiger charge is 2.25. The lowest BCUT2D eigenvalue weighted by Crippen LogP contribution is -2.60. The Labute approximate surface area is 82.3 Å². The van der Waals surface area contributed by atoms with Crippen molar-refractivity contribution in [2.75, 3.05) is 20.1 Å². The molecule has 14 heavy (non-hydrogen) atoms. The van der Waals surface area contributed by atoms with Gasteiger partial charge in [-0.05, 0) is 14.0 Å². The van der Waals surface area contributed by atoms with Crippen molar-refractivity contribution in [1.29, 1.82) is 0 Å². The maximum atomic E-state index is 11.2. The Bertz CT molecular complexity index is 238. The molecule has 2 amide bonds. The molecule has 1 aliphatic rings. The van der Waals surface area contributed by atoms with Crippen LogP contribution in [0.3, 0.4) is 0 Å². The van der Waals surface area contributed by atoms with Crippen LogP contribution in [0.25, 0.3) is 0 Å². The van der Waals surface area contributed by atoms with Crippen LogP contribution in [0.5, 0.6) is 0 Å². The second-order valence-electron chi connectivity index (χ2n) is 3.60. The van der Waals surface area contributed by atoms with Crippen molar-refractivity contribution in [2.45, 2.75) is 19.0 Å². The zero-order chi connectivity index (χ0) is 10.7. The van der Waals surface area contributed by atoms with Gasteiger partial charge in [-0.3, -0.25) is 4.79 Å². The number of urea groups is 1. The summed E-state index contributed by atoms with van der Waals surface area (Å²) in [6, 6.07) is -1.13. The molecule has 0 aromatic carbocycles. The maximum Gasteiger partial charge on any atom is 0.325 e. The number of carbonyl (C=O) groups is 2. The number of likely N-dealkylation sites (tertiary alicyclic amines) is 1. The molecule has 6 nitrogen and oxygen atoms in total. The molecule has 0 aromatic rings. The molecule has 0 aliphatic carbocycles. The first kappa shape index (κ1) is 10.8. The smallest absolute Gasteiger partial charge is 0.325 e. The quantitative estimate of drug-likeness (QED) is 0.551. The second-order valence-corrected chi connectivity index (χ2v) is 3.60. The van der Waals surface area contributed by atoms with Crippen molar-refractivity contribution in [3.8, 4) is 0 Å². The van der Waals surface area contributed by atoms with Gasteiger partial charge in [0.05, 0.1) is 6.04 Å². The van der Waals surface area contributed by atoms with Gasteiger partial charge in [0.15, 0.2) is 0 Å². The number of carbonyl (C=O) groups excluding carboxylic acids is 1. The van der Waals surface area contributed by atoms with E-state index in [4.69, 9.17) is 5.11 Å². The average molecular weight is 201 g/mol. The van der Waals surface area contributed by atoms with Gasteiger partial charge in [0.2, 0.25) is 0 Å². The van der Waals surface area contributed by atoms with E-state index in [1.165, 1.54) is 6.92 Å². The molecule has 0 bridgehead atoms. The minimum atomic E-state index is -1.04. The maximum absolute atomic E-state index is 11.2. The summed E-state index contributed by atoms with van der Waals surface area (Å²) in [5.74, 6) is -1.04. The van der Waals surface area contributed by atoms with Crippen LogP contribution in [0.15, 0.2) is 0 Å². The van der Waals surface area contributed by atoms with E-state index in [0.717, 1.165) is 13.1 Å². The fraction of sp³-hybridized carbons (Fsp3) is 0.750. The van der Waals surface area contributed by atoms with E-state index in [-0.39, 0.29) is 6.04 Å². The van der Waals surface area contributed by atoms with Crippen LogP contribution in [-0.2, 0) is 4.79 Å². The number of aliphatic carboxylic acids is 1. The molecule has 0 aromatic heterocycles. The molecule has 1 atom stereocenters. The fourth-order valence-electron chi connectivity index (χ4n) is 1.28. The molecule has 1 fully saturated rings. The Kier molecular flexibility index (Phi) is 3.29. The minimum Gasteiger partial charge on any atom is -0.480 e. The Balaban J connectivity index is 2.19. The van der Waals surface area contributed by atoms with Crippen molar-refractivity contribution in [2.24, 2.45) is 0 Å². The van der Waals surface area contributed by atoms with Crippen LogP contribution in [0.2, 0.25) is 0 Å². The normalized spacial score (nSPS) is 19.6. The molecule has 1 rings (SSSR count). The van der Waals surface area contributed by atoms with E-state index >= 15 is 0 Å². The van der Waals surface area contributed by atoms with Crippen molar-refractivity contribution in [3.05, 3.63) is 0 Å². The lowest BCUT2D eigenvalue weighted by molar-refractivity contribution is -0.138. The number of carboxylic acids is 1. The van der Waals surface area contributed by atoms with Gasteiger partial charge in [-0.2, -0.15) is 0 Å². The van der Waals surface area contributed by atoms with Crippen molar-refractivity contribution in [3.63, 3.8) is 0 Å². The number of nitrogens with one attached hydrogen (secondary N) is 2. The topological polar surface area (TPSA) is 81.7 Å². The Morgan fingerprint density at radius 2 is 2.07 bits per heavy atom. The van der Waals surface area contributed by atoms with Gasteiger partial charge in [-0.25, -0.2) is 4.79 Å². The van der Waals surface area contributed by atoms with Gasteiger partial charge in [-0.15, -0.1) is 0 Å². The molecule has 0 saturated carbocycles. The first-order chi connectivity index (χ1) is 6.49. The highest BCUT2D eigenvalue weighted by atomic mass is 16.4. The molecule has 3 N–H and O–H groups in total. The van der Waals surface area contributed by atoms with Crippen molar-refractivity contribution < 1.29 is 14.7 Å². The first-order valence-electron chi connectivity index (χ1n) is 4.47. The predicted octanol–water partition coefficient (Wildman–Crippen LogP) is -0.927. The molecule has 80 valence electrons. The van der Waals surface area contributed by atoms with Gasteiger partial charge >= 0.3 is 12.0 Å². The SMILES string of the molecule is CC(NC(=O)NC1CN(C)C1)C(=O)O. The number of rotatable bonds is 3. The van der Waals surface area contributed by atoms with Crippen LogP contribution in [0, 0.1) is 0 Å². The van der Waals surface area contributed by atoms with Crippen LogP contribution in [-0.4, -0.2) is 54.2 Å². The third kappa shape index (κ3) is 2.88. The molecule has 6 heteroatoms. The first-order valence-corrected chi connectivity index (χ1v) is 4.47. The Morgan fingerprint density at radius 1 is 1.50 bits per heavy atom. The summed E-state index contributed by atoms with van der Waals surface area (Å²) in [6.07, 6.45) is 0. The van der Waals surface area contributed by atoms with E-state index < -0.39 is 18.0 Å². The number of hydrogen-bond donors (Lipinski definition) is 3. The monoisotopic (exact) mass is 201 g/mol. The van der Waals surface area contributed by atoms with Crippen LogP contribution in [0.1, 0.15) is 6.92 Å². The van der Waals surface area contributed by atoms with Gasteiger partial charge in [-0.1, -0.05) is 0 Å². The van der Waals surface area contributed by atoms with Gasteiger partial charge in [0, 0.05) is 13.1 Å². The van der Waals surface area contributed by atoms with Crippen LogP contribution in [0.4, 0.5) is 4.79 Å². The van der Waals surface area contributed by atoms with E-state index in [9.17, 15) is 9.59 Å². The summed E-state index contributed by atoms with van der Waals surface area (Å²) in [7, 11) is 1.95. The number of carboxylic acid groups (broad SMARTS) is 1. The Hall–Kier alpha value is -1.30. The van der Waals surface area contributed by atoms with Crippen LogP contribution < -0.4 is 10.6 Å². The largest absolute Gasteiger partial charge is 0.480 e. The summed E-state index contributed by atoms with van der Waals surface area (Å²) in [5, 5.41) is 13.5. The van der Waals surface area contributed by atoms with Crippen molar-refractivity contribution in [1.82, 2.24) is 15.5 Å². The molecule has 0 radical (unpaired) electrons. The molecule has 1 aliphatic heterocycles. The summed E-state index contributed by atoms with van der Waals surface area (Å²) < 4.78 is 0. The van der Waals surface area contributed by atoms with Crippen molar-refractivity contribution >= 4 is 12.0 Å². The number of likely N-dealkylation sites (N-methyl/N-ethyl adjacent to an activating group) is 1. The third-order valence-corrected chi connectivity index (χ3v) is 2.12.